The molecule has 1 amide bonds. The molecule has 17 heavy (non-hydrogen) atoms. The predicted octanol–water partition coefficient (Wildman–Crippen LogP) is 3.75. The van der Waals surface area contributed by atoms with Crippen LogP contribution in [-0.4, -0.2) is 12.5 Å². The maximum absolute atomic E-state index is 13.5. The maximum Gasteiger partial charge on any atom is 0.255 e. The van der Waals surface area contributed by atoms with Crippen molar-refractivity contribution >= 4 is 21.8 Å². The third-order valence-corrected chi connectivity index (χ3v) is 3.56. The highest BCUT2D eigenvalue weighted by molar-refractivity contribution is 9.10. The van der Waals surface area contributed by atoms with Gasteiger partial charge in [0, 0.05) is 11.0 Å². The van der Waals surface area contributed by atoms with Crippen molar-refractivity contribution in [2.75, 3.05) is 6.54 Å². The molecule has 4 heteroatoms. The van der Waals surface area contributed by atoms with E-state index in [1.165, 1.54) is 6.07 Å². The summed E-state index contributed by atoms with van der Waals surface area (Å²) in [4.78, 5) is 11.8. The second kappa shape index (κ2) is 6.74. The molecule has 1 aromatic rings. The number of halogens is 2. The molecule has 1 N–H and O–H groups in total. The third-order valence-electron chi connectivity index (χ3n) is 2.90. The van der Waals surface area contributed by atoms with Crippen molar-refractivity contribution in [3.8, 4) is 0 Å². The van der Waals surface area contributed by atoms with Gasteiger partial charge in [-0.2, -0.15) is 0 Å². The molecule has 2 nitrogen and oxygen atoms in total. The normalized spacial score (nSPS) is 10.6. The van der Waals surface area contributed by atoms with Crippen LogP contribution in [0.15, 0.2) is 22.7 Å². The molecule has 0 saturated heterocycles. The fourth-order valence-electron chi connectivity index (χ4n) is 1.62. The lowest BCUT2D eigenvalue weighted by Crippen LogP contribution is -2.29. The van der Waals surface area contributed by atoms with Crippen molar-refractivity contribution in [2.24, 2.45) is 5.92 Å². The third kappa shape index (κ3) is 3.80. The molecule has 1 rings (SSSR count). The van der Waals surface area contributed by atoms with Gasteiger partial charge in [-0.1, -0.05) is 32.8 Å². The molecule has 0 unspecified atom stereocenters. The number of rotatable bonds is 5. The Hall–Kier alpha value is -0.900. The van der Waals surface area contributed by atoms with Gasteiger partial charge in [0.05, 0.1) is 5.56 Å². The van der Waals surface area contributed by atoms with E-state index in [2.05, 4.69) is 35.1 Å². The number of hydrogen-bond acceptors (Lipinski definition) is 1. The number of carbonyl (C=O) groups excluding carboxylic acids is 1. The monoisotopic (exact) mass is 301 g/mol. The maximum atomic E-state index is 13.5. The van der Waals surface area contributed by atoms with E-state index in [0.29, 0.717) is 16.9 Å². The lowest BCUT2D eigenvalue weighted by Gasteiger charge is -2.14. The zero-order valence-corrected chi connectivity index (χ0v) is 11.7. The quantitative estimate of drug-likeness (QED) is 0.881. The predicted molar refractivity (Wildman–Crippen MR) is 70.5 cm³/mol. The Morgan fingerprint density at radius 2 is 2.06 bits per heavy atom. The van der Waals surface area contributed by atoms with Crippen molar-refractivity contribution in [1.29, 1.82) is 0 Å². The zero-order valence-electron chi connectivity index (χ0n) is 10.1. The summed E-state index contributed by atoms with van der Waals surface area (Å²) in [6.45, 7) is 4.76. The molecule has 1 aromatic carbocycles. The van der Waals surface area contributed by atoms with E-state index >= 15 is 0 Å². The molecular formula is C13H17BrFNO. The minimum Gasteiger partial charge on any atom is -0.352 e. The Bertz CT molecular complexity index is 371. The van der Waals surface area contributed by atoms with Gasteiger partial charge in [-0.3, -0.25) is 4.79 Å². The first-order chi connectivity index (χ1) is 8.10. The minimum absolute atomic E-state index is 0.0819. The molecular weight excluding hydrogens is 285 g/mol. The van der Waals surface area contributed by atoms with E-state index < -0.39 is 5.82 Å². The van der Waals surface area contributed by atoms with E-state index in [4.69, 9.17) is 0 Å². The summed E-state index contributed by atoms with van der Waals surface area (Å²) in [7, 11) is 0. The molecule has 0 bridgehead atoms. The van der Waals surface area contributed by atoms with Crippen LogP contribution in [0.2, 0.25) is 0 Å². The smallest absolute Gasteiger partial charge is 0.255 e. The molecule has 0 heterocycles. The highest BCUT2D eigenvalue weighted by atomic mass is 79.9. The summed E-state index contributed by atoms with van der Waals surface area (Å²) in [6.07, 6.45) is 2.02. The Morgan fingerprint density at radius 1 is 1.41 bits per heavy atom. The summed E-state index contributed by atoms with van der Waals surface area (Å²) in [5, 5.41) is 2.77. The van der Waals surface area contributed by atoms with Crippen LogP contribution in [0.5, 0.6) is 0 Å². The van der Waals surface area contributed by atoms with Gasteiger partial charge in [-0.25, -0.2) is 4.39 Å². The highest BCUT2D eigenvalue weighted by Crippen LogP contribution is 2.19. The van der Waals surface area contributed by atoms with Crippen LogP contribution in [0.1, 0.15) is 37.0 Å². The van der Waals surface area contributed by atoms with Crippen molar-refractivity contribution in [3.05, 3.63) is 34.1 Å². The van der Waals surface area contributed by atoms with E-state index in [0.717, 1.165) is 12.8 Å². The standard InChI is InChI=1S/C13H17BrFNO/c1-3-9(4-2)8-16-13(17)12-10(14)6-5-7-11(12)15/h5-7,9H,3-4,8H2,1-2H3,(H,16,17). The van der Waals surface area contributed by atoms with Gasteiger partial charge in [0.2, 0.25) is 0 Å². The fraction of sp³-hybridized carbons (Fsp3) is 0.462. The molecule has 0 fully saturated rings. The fourth-order valence-corrected chi connectivity index (χ4v) is 2.14. The number of amides is 1. The van der Waals surface area contributed by atoms with Gasteiger partial charge in [-0.05, 0) is 34.0 Å². The van der Waals surface area contributed by atoms with Gasteiger partial charge in [0.1, 0.15) is 5.82 Å². The molecule has 0 saturated carbocycles. The Morgan fingerprint density at radius 3 is 2.59 bits per heavy atom. The number of nitrogens with one attached hydrogen (secondary N) is 1. The first-order valence-electron chi connectivity index (χ1n) is 5.82. The van der Waals surface area contributed by atoms with Crippen LogP contribution in [0.3, 0.4) is 0 Å². The van der Waals surface area contributed by atoms with Gasteiger partial charge in [-0.15, -0.1) is 0 Å². The Labute approximate surface area is 110 Å². The van der Waals surface area contributed by atoms with E-state index in [9.17, 15) is 9.18 Å². The van der Waals surface area contributed by atoms with Crippen molar-refractivity contribution in [2.45, 2.75) is 26.7 Å². The van der Waals surface area contributed by atoms with Crippen LogP contribution < -0.4 is 5.32 Å². The largest absolute Gasteiger partial charge is 0.352 e. The van der Waals surface area contributed by atoms with Crippen LogP contribution in [0.25, 0.3) is 0 Å². The van der Waals surface area contributed by atoms with Gasteiger partial charge in [0.15, 0.2) is 0 Å². The average Bonchev–Trinajstić information content (AvgIpc) is 2.30. The van der Waals surface area contributed by atoms with Crippen molar-refractivity contribution < 1.29 is 9.18 Å². The number of carbonyl (C=O) groups is 1. The summed E-state index contributed by atoms with van der Waals surface area (Å²) in [6, 6.07) is 4.52. The molecule has 94 valence electrons. The molecule has 0 radical (unpaired) electrons. The zero-order chi connectivity index (χ0) is 12.8. The lowest BCUT2D eigenvalue weighted by atomic mass is 10.0. The molecule has 0 atom stereocenters. The van der Waals surface area contributed by atoms with E-state index in [-0.39, 0.29) is 11.5 Å². The SMILES string of the molecule is CCC(CC)CNC(=O)c1c(F)cccc1Br. The van der Waals surface area contributed by atoms with Gasteiger partial charge >= 0.3 is 0 Å². The Balaban J connectivity index is 2.70. The van der Waals surface area contributed by atoms with Crippen LogP contribution in [0.4, 0.5) is 4.39 Å². The lowest BCUT2D eigenvalue weighted by molar-refractivity contribution is 0.0941. The topological polar surface area (TPSA) is 29.1 Å². The van der Waals surface area contributed by atoms with E-state index in [1.807, 2.05) is 0 Å². The van der Waals surface area contributed by atoms with Crippen LogP contribution in [-0.2, 0) is 0 Å². The number of benzene rings is 1. The van der Waals surface area contributed by atoms with Crippen molar-refractivity contribution in [1.82, 2.24) is 5.32 Å². The van der Waals surface area contributed by atoms with Crippen LogP contribution in [0, 0.1) is 11.7 Å². The first-order valence-corrected chi connectivity index (χ1v) is 6.61. The molecule has 0 aromatic heterocycles. The Kier molecular flexibility index (Phi) is 5.62. The van der Waals surface area contributed by atoms with Crippen molar-refractivity contribution in [3.63, 3.8) is 0 Å². The first kappa shape index (κ1) is 14.2. The average molecular weight is 302 g/mol. The van der Waals surface area contributed by atoms with Gasteiger partial charge < -0.3 is 5.32 Å². The molecule has 0 aliphatic heterocycles. The highest BCUT2D eigenvalue weighted by Gasteiger charge is 2.15. The molecule has 0 aliphatic carbocycles. The molecule has 0 spiro atoms. The second-order valence-electron chi connectivity index (χ2n) is 3.99. The summed E-state index contributed by atoms with van der Waals surface area (Å²) in [5.74, 6) is -0.409. The summed E-state index contributed by atoms with van der Waals surface area (Å²) < 4.78 is 14.0. The molecule has 0 aliphatic rings. The van der Waals surface area contributed by atoms with Gasteiger partial charge in [0.25, 0.3) is 5.91 Å². The van der Waals surface area contributed by atoms with E-state index in [1.54, 1.807) is 12.1 Å². The second-order valence-corrected chi connectivity index (χ2v) is 4.84. The summed E-state index contributed by atoms with van der Waals surface area (Å²) >= 11 is 3.19. The number of hydrogen-bond donors (Lipinski definition) is 1. The summed E-state index contributed by atoms with van der Waals surface area (Å²) in [5.41, 5.74) is 0.0819. The van der Waals surface area contributed by atoms with Crippen LogP contribution >= 0.6 is 15.9 Å². The minimum atomic E-state index is -0.499.